The van der Waals surface area contributed by atoms with E-state index in [9.17, 15) is 12.8 Å². The number of benzene rings is 2. The molecule has 0 atom stereocenters. The van der Waals surface area contributed by atoms with Crippen LogP contribution in [0.15, 0.2) is 59.5 Å². The van der Waals surface area contributed by atoms with Gasteiger partial charge in [-0.1, -0.05) is 32.0 Å². The minimum atomic E-state index is -3.91. The predicted molar refractivity (Wildman–Crippen MR) is 107 cm³/mol. The Morgan fingerprint density at radius 3 is 2.54 bits per heavy atom. The van der Waals surface area contributed by atoms with Crippen molar-refractivity contribution in [1.82, 2.24) is 14.8 Å². The summed E-state index contributed by atoms with van der Waals surface area (Å²) >= 11 is 0. The minimum absolute atomic E-state index is 0.0331. The summed E-state index contributed by atoms with van der Waals surface area (Å²) < 4.78 is 42.9. The number of fused-ring (bicyclic) bond motifs is 2. The first kappa shape index (κ1) is 18.4. The highest BCUT2D eigenvalue weighted by molar-refractivity contribution is 7.92. The van der Waals surface area contributed by atoms with E-state index in [1.54, 1.807) is 4.68 Å². The van der Waals surface area contributed by atoms with Gasteiger partial charge >= 0.3 is 0 Å². The Bertz CT molecular complexity index is 1260. The first-order chi connectivity index (χ1) is 13.3. The summed E-state index contributed by atoms with van der Waals surface area (Å²) in [7, 11) is -3.91. The molecule has 144 valence electrons. The SMILES string of the molecule is CC(C)Cn1nc(NS(=O)(=O)c2ccc(F)cc2)c2cc3ccccc3nc21. The van der Waals surface area contributed by atoms with Crippen LogP contribution < -0.4 is 4.72 Å². The van der Waals surface area contributed by atoms with E-state index in [4.69, 9.17) is 0 Å². The molecule has 0 radical (unpaired) electrons. The zero-order chi connectivity index (χ0) is 19.9. The van der Waals surface area contributed by atoms with Gasteiger partial charge in [-0.15, -0.1) is 0 Å². The number of aromatic nitrogens is 3. The first-order valence-corrected chi connectivity index (χ1v) is 10.4. The standard InChI is InChI=1S/C20H19FN4O2S/c1-13(2)12-25-20-17(11-14-5-3-4-6-18(14)22-20)19(23-25)24-28(26,27)16-9-7-15(21)8-10-16/h3-11,13H,12H2,1-2H3,(H,23,24). The molecule has 6 nitrogen and oxygen atoms in total. The number of nitrogens with one attached hydrogen (secondary N) is 1. The summed E-state index contributed by atoms with van der Waals surface area (Å²) in [6, 6.07) is 14.2. The van der Waals surface area contributed by atoms with Crippen molar-refractivity contribution in [2.45, 2.75) is 25.3 Å². The molecule has 0 fully saturated rings. The van der Waals surface area contributed by atoms with Crippen LogP contribution in [0, 0.1) is 11.7 Å². The van der Waals surface area contributed by atoms with Gasteiger partial charge in [-0.25, -0.2) is 22.5 Å². The summed E-state index contributed by atoms with van der Waals surface area (Å²) in [6.07, 6.45) is 0. The van der Waals surface area contributed by atoms with Crippen LogP contribution in [-0.2, 0) is 16.6 Å². The maximum atomic E-state index is 13.1. The number of halogens is 1. The molecule has 0 saturated carbocycles. The fraction of sp³-hybridized carbons (Fsp3) is 0.200. The molecule has 4 aromatic rings. The Balaban J connectivity index is 1.85. The number of para-hydroxylation sites is 1. The fourth-order valence-corrected chi connectivity index (χ4v) is 4.06. The van der Waals surface area contributed by atoms with Crippen LogP contribution in [-0.4, -0.2) is 23.2 Å². The average molecular weight is 398 g/mol. The molecule has 0 bridgehead atoms. The zero-order valence-corrected chi connectivity index (χ0v) is 16.2. The van der Waals surface area contributed by atoms with Crippen molar-refractivity contribution in [3.8, 4) is 0 Å². The highest BCUT2D eigenvalue weighted by atomic mass is 32.2. The number of nitrogens with zero attached hydrogens (tertiary/aromatic N) is 3. The van der Waals surface area contributed by atoms with Crippen molar-refractivity contribution in [3.05, 3.63) is 60.4 Å². The molecule has 0 aliphatic carbocycles. The van der Waals surface area contributed by atoms with E-state index >= 15 is 0 Å². The molecular formula is C20H19FN4O2S. The van der Waals surface area contributed by atoms with Crippen LogP contribution in [0.25, 0.3) is 21.9 Å². The Morgan fingerprint density at radius 2 is 1.82 bits per heavy atom. The summed E-state index contributed by atoms with van der Waals surface area (Å²) in [6.45, 7) is 4.70. The van der Waals surface area contributed by atoms with Gasteiger partial charge in [-0.05, 0) is 42.3 Å². The molecule has 0 aliphatic rings. The number of sulfonamides is 1. The summed E-state index contributed by atoms with van der Waals surface area (Å²) in [4.78, 5) is 4.65. The predicted octanol–water partition coefficient (Wildman–Crippen LogP) is 4.18. The molecule has 2 aromatic heterocycles. The molecule has 2 aromatic carbocycles. The zero-order valence-electron chi connectivity index (χ0n) is 15.4. The van der Waals surface area contributed by atoms with E-state index in [2.05, 4.69) is 28.7 Å². The van der Waals surface area contributed by atoms with E-state index < -0.39 is 15.8 Å². The Labute approximate surface area is 162 Å². The van der Waals surface area contributed by atoms with E-state index in [0.717, 1.165) is 23.0 Å². The van der Waals surface area contributed by atoms with E-state index in [1.807, 2.05) is 30.3 Å². The van der Waals surface area contributed by atoms with Crippen molar-refractivity contribution in [1.29, 1.82) is 0 Å². The van der Waals surface area contributed by atoms with E-state index in [-0.39, 0.29) is 10.7 Å². The Morgan fingerprint density at radius 1 is 1.11 bits per heavy atom. The van der Waals surface area contributed by atoms with Gasteiger partial charge in [0.15, 0.2) is 11.5 Å². The highest BCUT2D eigenvalue weighted by Gasteiger charge is 2.20. The van der Waals surface area contributed by atoms with Crippen LogP contribution in [0.2, 0.25) is 0 Å². The lowest BCUT2D eigenvalue weighted by atomic mass is 10.2. The second kappa shape index (κ2) is 6.87. The lowest BCUT2D eigenvalue weighted by Crippen LogP contribution is -2.14. The topological polar surface area (TPSA) is 76.9 Å². The van der Waals surface area contributed by atoms with Crippen molar-refractivity contribution in [2.75, 3.05) is 4.72 Å². The van der Waals surface area contributed by atoms with Gasteiger partial charge in [0.1, 0.15) is 5.82 Å². The molecule has 1 N–H and O–H groups in total. The fourth-order valence-electron chi connectivity index (χ4n) is 3.05. The minimum Gasteiger partial charge on any atom is -0.261 e. The molecule has 0 saturated heterocycles. The van der Waals surface area contributed by atoms with Gasteiger partial charge in [0.25, 0.3) is 10.0 Å². The Kier molecular flexibility index (Phi) is 4.50. The quantitative estimate of drug-likeness (QED) is 0.547. The van der Waals surface area contributed by atoms with Gasteiger partial charge in [0.2, 0.25) is 0 Å². The number of anilines is 1. The third-order valence-electron chi connectivity index (χ3n) is 4.32. The van der Waals surface area contributed by atoms with E-state index in [1.165, 1.54) is 12.1 Å². The Hall–Kier alpha value is -3.00. The normalized spacial score (nSPS) is 12.1. The molecule has 0 amide bonds. The number of pyridine rings is 1. The highest BCUT2D eigenvalue weighted by Crippen LogP contribution is 2.28. The number of hydrogen-bond donors (Lipinski definition) is 1. The lowest BCUT2D eigenvalue weighted by molar-refractivity contribution is 0.494. The third-order valence-corrected chi connectivity index (χ3v) is 5.67. The maximum Gasteiger partial charge on any atom is 0.263 e. The van der Waals surface area contributed by atoms with Crippen LogP contribution in [0.1, 0.15) is 13.8 Å². The maximum absolute atomic E-state index is 13.1. The summed E-state index contributed by atoms with van der Waals surface area (Å²) in [5.41, 5.74) is 1.43. The number of hydrogen-bond acceptors (Lipinski definition) is 4. The third kappa shape index (κ3) is 3.43. The second-order valence-corrected chi connectivity index (χ2v) is 8.72. The second-order valence-electron chi connectivity index (χ2n) is 7.04. The monoisotopic (exact) mass is 398 g/mol. The largest absolute Gasteiger partial charge is 0.263 e. The van der Waals surface area contributed by atoms with Crippen LogP contribution in [0.3, 0.4) is 0 Å². The van der Waals surface area contributed by atoms with Gasteiger partial charge in [-0.2, -0.15) is 5.10 Å². The average Bonchev–Trinajstić information content (AvgIpc) is 2.95. The van der Waals surface area contributed by atoms with Crippen LogP contribution in [0.4, 0.5) is 10.2 Å². The first-order valence-electron chi connectivity index (χ1n) is 8.88. The van der Waals surface area contributed by atoms with Crippen molar-refractivity contribution in [2.24, 2.45) is 5.92 Å². The van der Waals surface area contributed by atoms with Crippen molar-refractivity contribution >= 4 is 37.8 Å². The van der Waals surface area contributed by atoms with Gasteiger partial charge in [0.05, 0.1) is 15.8 Å². The molecule has 0 unspecified atom stereocenters. The summed E-state index contributed by atoms with van der Waals surface area (Å²) in [5.74, 6) is 0.0115. The molecular weight excluding hydrogens is 379 g/mol. The number of rotatable bonds is 5. The van der Waals surface area contributed by atoms with E-state index in [0.29, 0.717) is 23.5 Å². The van der Waals surface area contributed by atoms with Crippen LogP contribution >= 0.6 is 0 Å². The molecule has 2 heterocycles. The molecule has 0 spiro atoms. The van der Waals surface area contributed by atoms with Crippen molar-refractivity contribution in [3.63, 3.8) is 0 Å². The molecule has 0 aliphatic heterocycles. The van der Waals surface area contributed by atoms with Crippen LogP contribution in [0.5, 0.6) is 0 Å². The molecule has 28 heavy (non-hydrogen) atoms. The molecule has 4 rings (SSSR count). The van der Waals surface area contributed by atoms with Gasteiger partial charge in [-0.3, -0.25) is 4.72 Å². The summed E-state index contributed by atoms with van der Waals surface area (Å²) in [5, 5.41) is 5.98. The lowest BCUT2D eigenvalue weighted by Gasteiger charge is -2.06. The van der Waals surface area contributed by atoms with Gasteiger partial charge in [0, 0.05) is 11.9 Å². The molecule has 8 heteroatoms. The smallest absolute Gasteiger partial charge is 0.261 e. The van der Waals surface area contributed by atoms with Gasteiger partial charge < -0.3 is 0 Å². The van der Waals surface area contributed by atoms with Crippen molar-refractivity contribution < 1.29 is 12.8 Å².